The Morgan fingerprint density at radius 1 is 1.44 bits per heavy atom. The number of carbonyl (C=O) groups is 1. The third-order valence-electron chi connectivity index (χ3n) is 3.74. The van der Waals surface area contributed by atoms with Crippen molar-refractivity contribution in [1.82, 2.24) is 25.1 Å². The maximum absolute atomic E-state index is 12.6. The first-order valence-corrected chi connectivity index (χ1v) is 9.39. The van der Waals surface area contributed by atoms with Crippen molar-refractivity contribution in [2.45, 2.75) is 57.1 Å². The number of unbranched alkanes of at least 4 members (excludes halogenated alkanes) is 1. The van der Waals surface area contributed by atoms with Crippen molar-refractivity contribution in [2.75, 3.05) is 0 Å². The van der Waals surface area contributed by atoms with E-state index in [2.05, 4.69) is 27.4 Å². The monoisotopic (exact) mass is 363 g/mol. The van der Waals surface area contributed by atoms with E-state index in [0.717, 1.165) is 18.4 Å². The quantitative estimate of drug-likeness (QED) is 0.666. The summed E-state index contributed by atoms with van der Waals surface area (Å²) in [7, 11) is 0. The molecule has 0 saturated heterocycles. The highest BCUT2D eigenvalue weighted by Crippen LogP contribution is 2.26. The summed E-state index contributed by atoms with van der Waals surface area (Å²) in [6.45, 7) is 7.08. The van der Waals surface area contributed by atoms with Gasteiger partial charge in [-0.2, -0.15) is 0 Å². The summed E-state index contributed by atoms with van der Waals surface area (Å²) in [6, 6.07) is 3.76. The van der Waals surface area contributed by atoms with Gasteiger partial charge in [0, 0.05) is 25.5 Å². The predicted octanol–water partition coefficient (Wildman–Crippen LogP) is 2.20. The molecule has 25 heavy (non-hydrogen) atoms. The first-order chi connectivity index (χ1) is 12.0. The summed E-state index contributed by atoms with van der Waals surface area (Å²) < 4.78 is 1.61. The zero-order valence-corrected chi connectivity index (χ0v) is 15.7. The molecular formula is C17H25N5O2S. The third kappa shape index (κ3) is 5.45. The number of nitrogens with one attached hydrogen (secondary N) is 2. The molecule has 2 aromatic heterocycles. The van der Waals surface area contributed by atoms with Crippen LogP contribution in [0.25, 0.3) is 0 Å². The summed E-state index contributed by atoms with van der Waals surface area (Å²) >= 11 is 1.33. The van der Waals surface area contributed by atoms with E-state index in [-0.39, 0.29) is 22.8 Å². The zero-order valence-electron chi connectivity index (χ0n) is 14.9. The Hall–Kier alpha value is -2.09. The number of rotatable bonds is 9. The van der Waals surface area contributed by atoms with Gasteiger partial charge in [0.2, 0.25) is 5.91 Å². The Morgan fingerprint density at radius 2 is 2.24 bits per heavy atom. The van der Waals surface area contributed by atoms with Gasteiger partial charge in [0.05, 0.1) is 5.25 Å². The van der Waals surface area contributed by atoms with Crippen molar-refractivity contribution >= 4 is 17.7 Å². The normalized spacial score (nSPS) is 12.3. The number of H-pyrrole nitrogens is 1. The van der Waals surface area contributed by atoms with Gasteiger partial charge in [-0.25, -0.2) is 9.89 Å². The van der Waals surface area contributed by atoms with Crippen molar-refractivity contribution in [3.63, 3.8) is 0 Å². The number of hydrogen-bond donors (Lipinski definition) is 2. The lowest BCUT2D eigenvalue weighted by Gasteiger charge is -2.19. The minimum absolute atomic E-state index is 0.0682. The van der Waals surface area contributed by atoms with Gasteiger partial charge in [0.15, 0.2) is 5.16 Å². The van der Waals surface area contributed by atoms with Gasteiger partial charge in [0.1, 0.15) is 0 Å². The number of aromatic nitrogens is 4. The molecule has 136 valence electrons. The van der Waals surface area contributed by atoms with Gasteiger partial charge in [0.25, 0.3) is 0 Å². The minimum Gasteiger partial charge on any atom is -0.351 e. The fourth-order valence-corrected chi connectivity index (χ4v) is 3.39. The van der Waals surface area contributed by atoms with E-state index in [4.69, 9.17) is 0 Å². The van der Waals surface area contributed by atoms with E-state index < -0.39 is 0 Å². The molecule has 0 fully saturated rings. The molecule has 0 saturated carbocycles. The number of amides is 1. The Labute approximate surface area is 151 Å². The molecule has 2 aromatic rings. The number of hydrogen-bond acceptors (Lipinski definition) is 5. The van der Waals surface area contributed by atoms with Crippen LogP contribution in [0.2, 0.25) is 0 Å². The largest absolute Gasteiger partial charge is 0.351 e. The van der Waals surface area contributed by atoms with Gasteiger partial charge in [-0.15, -0.1) is 5.10 Å². The Balaban J connectivity index is 2.05. The van der Waals surface area contributed by atoms with Crippen LogP contribution >= 0.6 is 11.8 Å². The van der Waals surface area contributed by atoms with E-state index in [1.54, 1.807) is 17.0 Å². The highest BCUT2D eigenvalue weighted by molar-refractivity contribution is 8.00. The van der Waals surface area contributed by atoms with Gasteiger partial charge < -0.3 is 5.32 Å². The second-order valence-electron chi connectivity index (χ2n) is 6.18. The van der Waals surface area contributed by atoms with Gasteiger partial charge in [-0.05, 0) is 24.0 Å². The summed E-state index contributed by atoms with van der Waals surface area (Å²) in [5.41, 5.74) is 0.720. The summed E-state index contributed by atoms with van der Waals surface area (Å²) in [4.78, 5) is 28.6. The van der Waals surface area contributed by atoms with Crippen LogP contribution in [0.5, 0.6) is 0 Å². The molecule has 1 unspecified atom stereocenters. The predicted molar refractivity (Wildman–Crippen MR) is 98.3 cm³/mol. The Bertz CT molecular complexity index is 726. The number of nitrogens with zero attached hydrogens (tertiary/aromatic N) is 3. The molecule has 0 bridgehead atoms. The zero-order chi connectivity index (χ0) is 18.2. The van der Waals surface area contributed by atoms with Gasteiger partial charge >= 0.3 is 5.69 Å². The fourth-order valence-electron chi connectivity index (χ4n) is 2.30. The second kappa shape index (κ2) is 9.41. The lowest BCUT2D eigenvalue weighted by Crippen LogP contribution is -2.35. The average Bonchev–Trinajstić information content (AvgIpc) is 2.96. The van der Waals surface area contributed by atoms with Gasteiger partial charge in [-0.1, -0.05) is 45.0 Å². The SMILES string of the molecule is CCCCn1c(SC(C(=O)NCc2cccnc2)C(C)C)n[nH]c1=O. The standard InChI is InChI=1S/C17H25N5O2S/c1-4-5-9-22-16(24)20-21-17(22)25-14(12(2)3)15(23)19-11-13-7-6-8-18-10-13/h6-8,10,12,14H,4-5,9,11H2,1-3H3,(H,19,23)(H,20,24). The lowest BCUT2D eigenvalue weighted by molar-refractivity contribution is -0.121. The fraction of sp³-hybridized carbons (Fsp3) is 0.529. The number of aromatic amines is 1. The highest BCUT2D eigenvalue weighted by atomic mass is 32.2. The summed E-state index contributed by atoms with van der Waals surface area (Å²) in [6.07, 6.45) is 5.31. The third-order valence-corrected chi connectivity index (χ3v) is 5.28. The first-order valence-electron chi connectivity index (χ1n) is 8.51. The maximum atomic E-state index is 12.6. The smallest absolute Gasteiger partial charge is 0.343 e. The van der Waals surface area contributed by atoms with Gasteiger partial charge in [-0.3, -0.25) is 14.3 Å². The molecule has 7 nitrogen and oxygen atoms in total. The van der Waals surface area contributed by atoms with Crippen LogP contribution < -0.4 is 11.0 Å². The van der Waals surface area contributed by atoms with Crippen molar-refractivity contribution in [2.24, 2.45) is 5.92 Å². The van der Waals surface area contributed by atoms with Crippen molar-refractivity contribution in [3.8, 4) is 0 Å². The molecule has 0 spiro atoms. The Kier molecular flexibility index (Phi) is 7.24. The molecule has 0 aliphatic carbocycles. The second-order valence-corrected chi connectivity index (χ2v) is 7.29. The molecular weight excluding hydrogens is 338 g/mol. The van der Waals surface area contributed by atoms with Crippen LogP contribution in [0.4, 0.5) is 0 Å². The molecule has 2 rings (SSSR count). The highest BCUT2D eigenvalue weighted by Gasteiger charge is 2.26. The first kappa shape index (κ1) is 19.2. The van der Waals surface area contributed by atoms with E-state index in [0.29, 0.717) is 18.2 Å². The topological polar surface area (TPSA) is 92.7 Å². The molecule has 0 aliphatic heterocycles. The molecule has 2 heterocycles. The van der Waals surface area contributed by atoms with E-state index in [1.807, 2.05) is 26.0 Å². The Morgan fingerprint density at radius 3 is 2.88 bits per heavy atom. The molecule has 1 amide bonds. The summed E-state index contributed by atoms with van der Waals surface area (Å²) in [5.74, 6) is 0.0340. The molecule has 0 aromatic carbocycles. The molecule has 0 aliphatic rings. The molecule has 2 N–H and O–H groups in total. The number of thioether (sulfide) groups is 1. The molecule has 0 radical (unpaired) electrons. The number of carbonyl (C=O) groups excluding carboxylic acids is 1. The average molecular weight is 363 g/mol. The number of pyridine rings is 1. The van der Waals surface area contributed by atoms with Crippen molar-refractivity contribution < 1.29 is 4.79 Å². The van der Waals surface area contributed by atoms with Crippen LogP contribution in [0, 0.1) is 5.92 Å². The van der Waals surface area contributed by atoms with Crippen LogP contribution in [-0.4, -0.2) is 30.9 Å². The molecule has 1 atom stereocenters. The van der Waals surface area contributed by atoms with Crippen LogP contribution in [0.15, 0.2) is 34.5 Å². The van der Waals surface area contributed by atoms with E-state index in [1.165, 1.54) is 11.8 Å². The van der Waals surface area contributed by atoms with E-state index in [9.17, 15) is 9.59 Å². The van der Waals surface area contributed by atoms with Crippen LogP contribution in [0.1, 0.15) is 39.2 Å². The van der Waals surface area contributed by atoms with Crippen molar-refractivity contribution in [1.29, 1.82) is 0 Å². The van der Waals surface area contributed by atoms with E-state index >= 15 is 0 Å². The van der Waals surface area contributed by atoms with Crippen LogP contribution in [0.3, 0.4) is 0 Å². The maximum Gasteiger partial charge on any atom is 0.343 e. The molecule has 8 heteroatoms. The summed E-state index contributed by atoms with van der Waals surface area (Å²) in [5, 5.41) is 9.76. The minimum atomic E-state index is -0.327. The van der Waals surface area contributed by atoms with Crippen LogP contribution in [-0.2, 0) is 17.9 Å². The lowest BCUT2D eigenvalue weighted by atomic mass is 10.1. The van der Waals surface area contributed by atoms with Crippen molar-refractivity contribution in [3.05, 3.63) is 40.6 Å².